The van der Waals surface area contributed by atoms with Crippen LogP contribution in [-0.2, 0) is 7.05 Å². The molecule has 2 aromatic rings. The largest absolute Gasteiger partial charge is 0.494 e. The summed E-state index contributed by atoms with van der Waals surface area (Å²) in [4.78, 5) is 11.7. The van der Waals surface area contributed by atoms with E-state index in [1.165, 1.54) is 23.9 Å². The van der Waals surface area contributed by atoms with Crippen LogP contribution in [0.25, 0.3) is 0 Å². The van der Waals surface area contributed by atoms with Gasteiger partial charge in [0, 0.05) is 25.4 Å². The molecule has 0 saturated heterocycles. The van der Waals surface area contributed by atoms with Gasteiger partial charge < -0.3 is 19.9 Å². The molecule has 0 unspecified atom stereocenters. The van der Waals surface area contributed by atoms with Crippen LogP contribution in [0.15, 0.2) is 29.7 Å². The first-order chi connectivity index (χ1) is 11.1. The molecule has 2 N–H and O–H groups in total. The summed E-state index contributed by atoms with van der Waals surface area (Å²) < 4.78 is 20.8. The number of halogens is 1. The first-order valence-electron chi connectivity index (χ1n) is 7.04. The molecule has 2 rings (SSSR count). The SMILES string of the molecule is CCOc1ccc(NC(=O)NCCSc2nncn2C)c(F)c1. The average molecular weight is 339 g/mol. The molecule has 0 aliphatic carbocycles. The van der Waals surface area contributed by atoms with Crippen molar-refractivity contribution in [3.63, 3.8) is 0 Å². The van der Waals surface area contributed by atoms with Crippen LogP contribution in [0.2, 0.25) is 0 Å². The summed E-state index contributed by atoms with van der Waals surface area (Å²) in [6.07, 6.45) is 1.61. The summed E-state index contributed by atoms with van der Waals surface area (Å²) >= 11 is 1.47. The molecule has 0 aliphatic rings. The normalized spacial score (nSPS) is 10.4. The average Bonchev–Trinajstić information content (AvgIpc) is 2.92. The first kappa shape index (κ1) is 17.1. The molecule has 1 aromatic heterocycles. The zero-order valence-electron chi connectivity index (χ0n) is 12.9. The third-order valence-electron chi connectivity index (χ3n) is 2.79. The van der Waals surface area contributed by atoms with Crippen LogP contribution in [0.3, 0.4) is 0 Å². The minimum atomic E-state index is -0.542. The molecular weight excluding hydrogens is 321 g/mol. The van der Waals surface area contributed by atoms with Crippen molar-refractivity contribution in [2.45, 2.75) is 12.1 Å². The fourth-order valence-corrected chi connectivity index (χ4v) is 2.47. The molecule has 0 fully saturated rings. The van der Waals surface area contributed by atoms with E-state index in [0.717, 1.165) is 5.16 Å². The summed E-state index contributed by atoms with van der Waals surface area (Å²) in [6.45, 7) is 2.69. The smallest absolute Gasteiger partial charge is 0.319 e. The number of anilines is 1. The molecule has 0 spiro atoms. The van der Waals surface area contributed by atoms with Crippen molar-refractivity contribution in [1.82, 2.24) is 20.1 Å². The highest BCUT2D eigenvalue weighted by Gasteiger charge is 2.08. The second-order valence-electron chi connectivity index (χ2n) is 4.53. The van der Waals surface area contributed by atoms with Gasteiger partial charge in [-0.1, -0.05) is 11.8 Å². The fourth-order valence-electron chi connectivity index (χ4n) is 1.73. The van der Waals surface area contributed by atoms with Gasteiger partial charge in [0.15, 0.2) is 5.16 Å². The molecule has 2 amide bonds. The van der Waals surface area contributed by atoms with Gasteiger partial charge in [0.25, 0.3) is 0 Å². The summed E-state index contributed by atoms with van der Waals surface area (Å²) in [5.41, 5.74) is 0.104. The Bertz CT molecular complexity index is 664. The van der Waals surface area contributed by atoms with E-state index in [-0.39, 0.29) is 5.69 Å². The summed E-state index contributed by atoms with van der Waals surface area (Å²) in [6, 6.07) is 3.84. The van der Waals surface area contributed by atoms with E-state index in [0.29, 0.717) is 24.7 Å². The van der Waals surface area contributed by atoms with Gasteiger partial charge in [0.1, 0.15) is 17.9 Å². The van der Waals surface area contributed by atoms with Crippen LogP contribution in [0.4, 0.5) is 14.9 Å². The van der Waals surface area contributed by atoms with Crippen molar-refractivity contribution < 1.29 is 13.9 Å². The van der Waals surface area contributed by atoms with Crippen molar-refractivity contribution >= 4 is 23.5 Å². The molecule has 1 heterocycles. The number of aromatic nitrogens is 3. The molecule has 1 aromatic carbocycles. The van der Waals surface area contributed by atoms with Crippen molar-refractivity contribution in [2.75, 3.05) is 24.2 Å². The van der Waals surface area contributed by atoms with Crippen molar-refractivity contribution in [3.8, 4) is 5.75 Å². The van der Waals surface area contributed by atoms with Gasteiger partial charge in [-0.3, -0.25) is 0 Å². The Labute approximate surface area is 137 Å². The highest BCUT2D eigenvalue weighted by atomic mass is 32.2. The predicted molar refractivity (Wildman–Crippen MR) is 86.3 cm³/mol. The fraction of sp³-hybridized carbons (Fsp3) is 0.357. The van der Waals surface area contributed by atoms with Crippen LogP contribution in [0.1, 0.15) is 6.92 Å². The van der Waals surface area contributed by atoms with Gasteiger partial charge in [-0.2, -0.15) is 0 Å². The molecular formula is C14H18FN5O2S. The van der Waals surface area contributed by atoms with Gasteiger partial charge in [0.2, 0.25) is 0 Å². The Morgan fingerprint density at radius 3 is 2.96 bits per heavy atom. The van der Waals surface area contributed by atoms with Crippen LogP contribution in [0, 0.1) is 5.82 Å². The molecule has 9 heteroatoms. The summed E-state index contributed by atoms with van der Waals surface area (Å²) in [7, 11) is 1.84. The van der Waals surface area contributed by atoms with Crippen molar-refractivity contribution in [2.24, 2.45) is 7.05 Å². The highest BCUT2D eigenvalue weighted by molar-refractivity contribution is 7.99. The Balaban J connectivity index is 1.75. The maximum Gasteiger partial charge on any atom is 0.319 e. The van der Waals surface area contributed by atoms with E-state index in [4.69, 9.17) is 4.74 Å². The second kappa shape index (κ2) is 8.37. The monoisotopic (exact) mass is 339 g/mol. The number of nitrogens with one attached hydrogen (secondary N) is 2. The number of amides is 2. The van der Waals surface area contributed by atoms with Crippen LogP contribution < -0.4 is 15.4 Å². The number of benzene rings is 1. The Morgan fingerprint density at radius 1 is 1.48 bits per heavy atom. The number of carbonyl (C=O) groups is 1. The lowest BCUT2D eigenvalue weighted by molar-refractivity contribution is 0.252. The number of ether oxygens (including phenoxy) is 1. The van der Waals surface area contributed by atoms with Crippen LogP contribution in [0.5, 0.6) is 5.75 Å². The summed E-state index contributed by atoms with van der Waals surface area (Å²) in [5, 5.41) is 13.6. The number of nitrogens with zero attached hydrogens (tertiary/aromatic N) is 3. The highest BCUT2D eigenvalue weighted by Crippen LogP contribution is 2.20. The molecule has 23 heavy (non-hydrogen) atoms. The van der Waals surface area contributed by atoms with E-state index in [2.05, 4.69) is 20.8 Å². The Hall–Kier alpha value is -2.29. The molecule has 0 atom stereocenters. The molecule has 0 aliphatic heterocycles. The topological polar surface area (TPSA) is 81.1 Å². The third-order valence-corrected chi connectivity index (χ3v) is 3.82. The van der Waals surface area contributed by atoms with E-state index in [1.54, 1.807) is 17.0 Å². The number of urea groups is 1. The van der Waals surface area contributed by atoms with E-state index in [9.17, 15) is 9.18 Å². The predicted octanol–water partition coefficient (Wildman–Crippen LogP) is 2.27. The third kappa shape index (κ3) is 5.13. The quantitative estimate of drug-likeness (QED) is 0.597. The maximum atomic E-state index is 13.8. The number of thioether (sulfide) groups is 1. The van der Waals surface area contributed by atoms with Gasteiger partial charge >= 0.3 is 6.03 Å². The number of carbonyl (C=O) groups excluding carboxylic acids is 1. The van der Waals surface area contributed by atoms with E-state index in [1.807, 2.05) is 14.0 Å². The van der Waals surface area contributed by atoms with Gasteiger partial charge in [-0.15, -0.1) is 10.2 Å². The standard InChI is InChI=1S/C14H18FN5O2S/c1-3-22-10-4-5-12(11(15)8-10)18-13(21)16-6-7-23-14-19-17-9-20(14)2/h4-5,8-9H,3,6-7H2,1-2H3,(H2,16,18,21). The lowest BCUT2D eigenvalue weighted by Crippen LogP contribution is -2.30. The zero-order chi connectivity index (χ0) is 16.7. The first-order valence-corrected chi connectivity index (χ1v) is 8.02. The molecule has 7 nitrogen and oxygen atoms in total. The molecule has 0 bridgehead atoms. The number of aryl methyl sites for hydroxylation is 1. The lowest BCUT2D eigenvalue weighted by Gasteiger charge is -2.09. The Kier molecular flexibility index (Phi) is 6.21. The number of rotatable bonds is 7. The number of hydrogen-bond acceptors (Lipinski definition) is 5. The van der Waals surface area contributed by atoms with Crippen LogP contribution in [-0.4, -0.2) is 39.7 Å². The second-order valence-corrected chi connectivity index (χ2v) is 5.59. The zero-order valence-corrected chi connectivity index (χ0v) is 13.7. The minimum absolute atomic E-state index is 0.104. The summed E-state index contributed by atoms with van der Waals surface area (Å²) in [5.74, 6) is 0.515. The molecule has 124 valence electrons. The van der Waals surface area contributed by atoms with Gasteiger partial charge in [0.05, 0.1) is 12.3 Å². The van der Waals surface area contributed by atoms with Crippen molar-refractivity contribution in [3.05, 3.63) is 30.3 Å². The maximum absolute atomic E-state index is 13.8. The molecule has 0 saturated carbocycles. The minimum Gasteiger partial charge on any atom is -0.494 e. The van der Waals surface area contributed by atoms with Crippen LogP contribution >= 0.6 is 11.8 Å². The van der Waals surface area contributed by atoms with E-state index < -0.39 is 11.8 Å². The van der Waals surface area contributed by atoms with Crippen molar-refractivity contribution in [1.29, 1.82) is 0 Å². The number of hydrogen-bond donors (Lipinski definition) is 2. The molecule has 0 radical (unpaired) electrons. The lowest BCUT2D eigenvalue weighted by atomic mass is 10.3. The Morgan fingerprint density at radius 2 is 2.30 bits per heavy atom. The van der Waals surface area contributed by atoms with E-state index >= 15 is 0 Å². The van der Waals surface area contributed by atoms with Gasteiger partial charge in [-0.25, -0.2) is 9.18 Å². The van der Waals surface area contributed by atoms with Gasteiger partial charge in [-0.05, 0) is 19.1 Å².